The minimum absolute atomic E-state index is 0.0370. The number of hydrogen-bond acceptors (Lipinski definition) is 6. The Hall–Kier alpha value is -1.78. The molecule has 0 spiro atoms. The summed E-state index contributed by atoms with van der Waals surface area (Å²) < 4.78 is 49.3. The molecule has 1 aliphatic heterocycles. The Morgan fingerprint density at radius 3 is 2.74 bits per heavy atom. The molecule has 3 rings (SSSR count). The predicted molar refractivity (Wildman–Crippen MR) is 99.3 cm³/mol. The van der Waals surface area contributed by atoms with Crippen LogP contribution in [0.4, 0.5) is 4.39 Å². The monoisotopic (exact) mass is 416 g/mol. The van der Waals surface area contributed by atoms with Crippen LogP contribution in [0, 0.1) is 10.7 Å². The van der Waals surface area contributed by atoms with Gasteiger partial charge in [0.1, 0.15) is 23.4 Å². The van der Waals surface area contributed by atoms with E-state index in [1.54, 1.807) is 11.6 Å². The second-order valence-corrected chi connectivity index (χ2v) is 9.27. The van der Waals surface area contributed by atoms with Gasteiger partial charge in [-0.25, -0.2) is 12.8 Å². The maximum atomic E-state index is 13.0. The van der Waals surface area contributed by atoms with Gasteiger partial charge in [-0.1, -0.05) is 0 Å². The molecular weight excluding hydrogens is 393 g/mol. The molecule has 2 aromatic rings. The van der Waals surface area contributed by atoms with Crippen molar-refractivity contribution in [3.05, 3.63) is 40.8 Å². The van der Waals surface area contributed by atoms with Gasteiger partial charge in [0.05, 0.1) is 12.3 Å². The molecule has 7 nitrogen and oxygen atoms in total. The van der Waals surface area contributed by atoms with Crippen molar-refractivity contribution in [2.45, 2.75) is 39.1 Å². The van der Waals surface area contributed by atoms with Crippen LogP contribution in [0.25, 0.3) is 0 Å². The number of sulfone groups is 1. The van der Waals surface area contributed by atoms with Crippen molar-refractivity contribution < 1.29 is 26.9 Å². The van der Waals surface area contributed by atoms with Crippen LogP contribution in [0.1, 0.15) is 32.3 Å². The molecule has 1 aliphatic rings. The van der Waals surface area contributed by atoms with E-state index in [-0.39, 0.29) is 28.2 Å². The minimum Gasteiger partial charge on any atom is -0.481 e. The van der Waals surface area contributed by atoms with E-state index in [0.717, 1.165) is 11.4 Å². The first-order valence-electron chi connectivity index (χ1n) is 8.82. The number of quaternary nitrogens is 1. The van der Waals surface area contributed by atoms with E-state index in [4.69, 9.17) is 21.4 Å². The summed E-state index contributed by atoms with van der Waals surface area (Å²) in [5, 5.41) is 4.40. The van der Waals surface area contributed by atoms with Crippen molar-refractivity contribution in [2.75, 3.05) is 18.1 Å². The van der Waals surface area contributed by atoms with E-state index >= 15 is 0 Å². The Labute approximate surface area is 162 Å². The maximum Gasteiger partial charge on any atom is 0.292 e. The van der Waals surface area contributed by atoms with Gasteiger partial charge in [-0.3, -0.25) is 0 Å². The van der Waals surface area contributed by atoms with E-state index in [0.29, 0.717) is 24.7 Å². The van der Waals surface area contributed by atoms with Crippen molar-refractivity contribution in [3.8, 4) is 5.75 Å². The lowest BCUT2D eigenvalue weighted by Gasteiger charge is -2.22. The molecule has 27 heavy (non-hydrogen) atoms. The highest BCUT2D eigenvalue weighted by Gasteiger charge is 2.35. The molecule has 0 bridgehead atoms. The zero-order valence-corrected chi connectivity index (χ0v) is 16.9. The van der Waals surface area contributed by atoms with Crippen LogP contribution in [0.2, 0.25) is 0 Å². The average molecular weight is 417 g/mol. The molecule has 3 atom stereocenters. The van der Waals surface area contributed by atoms with E-state index < -0.39 is 15.9 Å². The molecule has 0 amide bonds. The summed E-state index contributed by atoms with van der Waals surface area (Å²) in [5.41, 5.74) is 0. The van der Waals surface area contributed by atoms with Crippen LogP contribution in [0.15, 0.2) is 28.7 Å². The van der Waals surface area contributed by atoms with Crippen molar-refractivity contribution in [1.29, 1.82) is 0 Å². The van der Waals surface area contributed by atoms with Gasteiger partial charge in [0, 0.05) is 6.42 Å². The number of nitrogens with one attached hydrogen (secondary N) is 1. The Morgan fingerprint density at radius 1 is 1.44 bits per heavy atom. The van der Waals surface area contributed by atoms with Crippen LogP contribution in [-0.4, -0.2) is 42.3 Å². The molecule has 0 saturated carbocycles. The minimum atomic E-state index is -2.95. The molecule has 10 heteroatoms. The number of aromatic nitrogens is 2. The average Bonchev–Trinajstić information content (AvgIpc) is 3.17. The number of rotatable bonds is 7. The standard InChI is InChI=1S/C17H22FN3O4S2/c1-3-20(14-8-9-27(22,23)10-14)11-21-17(26)25-16(19-21)12(2)24-15-6-4-13(18)5-7-15/h4-7,12,14H,3,8-11H2,1-2H3/p+1/t12-,14+/m0/s1. The molecule has 1 aromatic heterocycles. The lowest BCUT2D eigenvalue weighted by molar-refractivity contribution is -0.943. The Balaban J connectivity index is 1.69. The van der Waals surface area contributed by atoms with Crippen molar-refractivity contribution >= 4 is 22.1 Å². The quantitative estimate of drug-likeness (QED) is 0.690. The third-order valence-electron chi connectivity index (χ3n) is 4.71. The molecule has 1 aromatic carbocycles. The van der Waals surface area contributed by atoms with Crippen molar-refractivity contribution in [3.63, 3.8) is 0 Å². The fraction of sp³-hybridized carbons (Fsp3) is 0.529. The summed E-state index contributed by atoms with van der Waals surface area (Å²) in [6.07, 6.45) is 0.142. The highest BCUT2D eigenvalue weighted by molar-refractivity contribution is 7.91. The smallest absolute Gasteiger partial charge is 0.292 e. The third-order valence-corrected chi connectivity index (χ3v) is 6.77. The molecule has 1 N–H and O–H groups in total. The molecule has 0 radical (unpaired) electrons. The fourth-order valence-electron chi connectivity index (χ4n) is 3.19. The number of halogens is 1. The summed E-state index contributed by atoms with van der Waals surface area (Å²) >= 11 is 5.26. The number of nitrogens with zero attached hydrogens (tertiary/aromatic N) is 2. The second-order valence-electron chi connectivity index (χ2n) is 6.69. The van der Waals surface area contributed by atoms with Gasteiger partial charge in [-0.05, 0) is 50.3 Å². The summed E-state index contributed by atoms with van der Waals surface area (Å²) in [7, 11) is -2.95. The fourth-order valence-corrected chi connectivity index (χ4v) is 5.21. The van der Waals surface area contributed by atoms with Gasteiger partial charge < -0.3 is 14.1 Å². The van der Waals surface area contributed by atoms with Crippen molar-refractivity contribution in [1.82, 2.24) is 9.78 Å². The lowest BCUT2D eigenvalue weighted by atomic mass is 10.2. The Kier molecular flexibility index (Phi) is 5.97. The molecule has 148 valence electrons. The normalized spacial score (nSPS) is 21.1. The lowest BCUT2D eigenvalue weighted by Crippen LogP contribution is -3.15. The first-order chi connectivity index (χ1) is 12.8. The highest BCUT2D eigenvalue weighted by atomic mass is 32.2. The molecule has 1 unspecified atom stereocenters. The topological polar surface area (TPSA) is 78.8 Å². The third kappa shape index (κ3) is 4.94. The highest BCUT2D eigenvalue weighted by Crippen LogP contribution is 2.21. The van der Waals surface area contributed by atoms with Gasteiger partial charge in [-0.2, -0.15) is 4.68 Å². The van der Waals surface area contributed by atoms with Gasteiger partial charge in [0.25, 0.3) is 10.7 Å². The molecule has 0 aliphatic carbocycles. The van der Waals surface area contributed by atoms with Gasteiger partial charge in [-0.15, -0.1) is 5.10 Å². The first kappa shape index (κ1) is 20.0. The SMILES string of the molecule is CC[NH+](Cn1nc([C@H](C)Oc2ccc(F)cc2)oc1=S)[C@@H]1CCS(=O)(=O)C1. The number of hydrogen-bond donors (Lipinski definition) is 1. The van der Waals surface area contributed by atoms with Crippen LogP contribution < -0.4 is 9.64 Å². The number of ether oxygens (including phenoxy) is 1. The van der Waals surface area contributed by atoms with Gasteiger partial charge >= 0.3 is 0 Å². The predicted octanol–water partition coefficient (Wildman–Crippen LogP) is 1.53. The summed E-state index contributed by atoms with van der Waals surface area (Å²) in [5.74, 6) is 0.904. The molecule has 2 heterocycles. The Bertz CT molecular complexity index is 940. The van der Waals surface area contributed by atoms with E-state index in [2.05, 4.69) is 5.10 Å². The van der Waals surface area contributed by atoms with E-state index in [1.165, 1.54) is 24.3 Å². The van der Waals surface area contributed by atoms with Gasteiger partial charge in [0.2, 0.25) is 0 Å². The summed E-state index contributed by atoms with van der Waals surface area (Å²) in [6.45, 7) is 4.96. The van der Waals surface area contributed by atoms with Crippen LogP contribution in [-0.2, 0) is 16.5 Å². The van der Waals surface area contributed by atoms with Crippen LogP contribution in [0.5, 0.6) is 5.75 Å². The molecular formula is C17H23FN3O4S2+. The van der Waals surface area contributed by atoms with E-state index in [9.17, 15) is 12.8 Å². The largest absolute Gasteiger partial charge is 0.481 e. The van der Waals surface area contributed by atoms with Crippen molar-refractivity contribution in [2.24, 2.45) is 0 Å². The second kappa shape index (κ2) is 8.07. The van der Waals surface area contributed by atoms with E-state index in [1.807, 2.05) is 6.92 Å². The number of benzene rings is 1. The molecule has 1 fully saturated rings. The summed E-state index contributed by atoms with van der Waals surface area (Å²) in [6, 6.07) is 5.72. The van der Waals surface area contributed by atoms with Gasteiger partial charge in [0.15, 0.2) is 22.6 Å². The maximum absolute atomic E-state index is 13.0. The first-order valence-corrected chi connectivity index (χ1v) is 11.1. The molecule has 1 saturated heterocycles. The zero-order chi connectivity index (χ0) is 19.6. The van der Waals surface area contributed by atoms with Crippen LogP contribution in [0.3, 0.4) is 0 Å². The zero-order valence-electron chi connectivity index (χ0n) is 15.2. The van der Waals surface area contributed by atoms with Crippen LogP contribution >= 0.6 is 12.2 Å². The Morgan fingerprint density at radius 2 is 2.15 bits per heavy atom. The summed E-state index contributed by atoms with van der Waals surface area (Å²) in [4.78, 5) is 1.31.